The lowest BCUT2D eigenvalue weighted by Crippen LogP contribution is -2.33. The number of ether oxygens (including phenoxy) is 1. The van der Waals surface area contributed by atoms with Crippen LogP contribution >= 0.6 is 0 Å². The van der Waals surface area contributed by atoms with E-state index in [9.17, 15) is 19.2 Å². The molecule has 0 unspecified atom stereocenters. The third-order valence-corrected chi connectivity index (χ3v) is 4.12. The molecule has 3 N–H and O–H groups in total. The van der Waals surface area contributed by atoms with Gasteiger partial charge < -0.3 is 15.4 Å². The Morgan fingerprint density at radius 2 is 1.97 bits per heavy atom. The molecule has 3 rings (SSSR count). The molecule has 150 valence electrons. The Balaban J connectivity index is 1.64. The molecule has 0 atom stereocenters. The molecule has 10 heteroatoms. The number of amides is 2. The van der Waals surface area contributed by atoms with E-state index < -0.39 is 17.6 Å². The van der Waals surface area contributed by atoms with Gasteiger partial charge in [0, 0.05) is 23.7 Å². The predicted molar refractivity (Wildman–Crippen MR) is 99.9 cm³/mol. The third-order valence-electron chi connectivity index (χ3n) is 4.12. The number of benzene rings is 1. The molecule has 0 fully saturated rings. The first-order chi connectivity index (χ1) is 13.9. The maximum atomic E-state index is 14.2. The number of methoxy groups -OCH3 is 1. The van der Waals surface area contributed by atoms with Gasteiger partial charge in [0.25, 0.3) is 18.3 Å². The Labute approximate surface area is 165 Å². The Morgan fingerprint density at radius 3 is 2.59 bits per heavy atom. The van der Waals surface area contributed by atoms with E-state index in [1.807, 2.05) is 0 Å². The molecule has 3 aromatic rings. The van der Waals surface area contributed by atoms with Gasteiger partial charge in [-0.3, -0.25) is 19.5 Å². The van der Waals surface area contributed by atoms with E-state index in [2.05, 4.69) is 15.7 Å². The van der Waals surface area contributed by atoms with Crippen molar-refractivity contribution in [3.8, 4) is 16.9 Å². The quantitative estimate of drug-likeness (QED) is 0.425. The van der Waals surface area contributed by atoms with E-state index in [-0.39, 0.29) is 17.9 Å². The molecule has 2 amide bonds. The van der Waals surface area contributed by atoms with Gasteiger partial charge in [0.15, 0.2) is 5.75 Å². The van der Waals surface area contributed by atoms with Gasteiger partial charge in [0.2, 0.25) is 11.7 Å². The minimum atomic E-state index is -0.665. The Bertz CT molecular complexity index is 1050. The first kappa shape index (κ1) is 19.8. The zero-order valence-electron chi connectivity index (χ0n) is 15.7. The normalized spacial score (nSPS) is 10.4. The highest BCUT2D eigenvalue weighted by Gasteiger charge is 2.19. The van der Waals surface area contributed by atoms with Crippen LogP contribution in [-0.4, -0.2) is 40.5 Å². The van der Waals surface area contributed by atoms with Crippen molar-refractivity contribution in [3.63, 3.8) is 0 Å². The SMILES string of the molecule is COc1c[n+](O)cc(F)c1-c1ccc(NC(=O)CNC(=O)c2ccnn2C)cc1. The van der Waals surface area contributed by atoms with Crippen molar-refractivity contribution in [3.05, 3.63) is 60.4 Å². The molecule has 0 saturated heterocycles. The number of carbonyl (C=O) groups is 2. The van der Waals surface area contributed by atoms with Crippen LogP contribution in [0.2, 0.25) is 0 Å². The van der Waals surface area contributed by atoms with Gasteiger partial charge in [-0.1, -0.05) is 12.1 Å². The van der Waals surface area contributed by atoms with Crippen LogP contribution in [-0.2, 0) is 11.8 Å². The molecule has 0 aliphatic rings. The fourth-order valence-corrected chi connectivity index (χ4v) is 2.73. The van der Waals surface area contributed by atoms with Crippen LogP contribution in [0.15, 0.2) is 48.9 Å². The summed E-state index contributed by atoms with van der Waals surface area (Å²) in [6, 6.07) is 7.93. The number of rotatable bonds is 6. The lowest BCUT2D eigenvalue weighted by Gasteiger charge is -2.10. The summed E-state index contributed by atoms with van der Waals surface area (Å²) in [5, 5.41) is 18.5. The third kappa shape index (κ3) is 4.49. The molecule has 29 heavy (non-hydrogen) atoms. The number of hydrogen-bond acceptors (Lipinski definition) is 5. The zero-order valence-corrected chi connectivity index (χ0v) is 15.7. The van der Waals surface area contributed by atoms with Gasteiger partial charge in [-0.2, -0.15) is 9.49 Å². The van der Waals surface area contributed by atoms with Crippen molar-refractivity contribution in [2.75, 3.05) is 19.0 Å². The van der Waals surface area contributed by atoms with E-state index >= 15 is 0 Å². The molecule has 0 aliphatic heterocycles. The molecular formula is C19H19FN5O4+. The standard InChI is InChI=1S/C19H18FN5O4/c1-24-15(7-8-22-24)19(27)21-9-17(26)23-13-5-3-12(4-6-13)18-14(20)10-25(28)11-16(18)29-2/h3-8,10-11,28H,9H2,1-2H3,(H,21,27)/p+1. The van der Waals surface area contributed by atoms with E-state index in [4.69, 9.17) is 4.74 Å². The van der Waals surface area contributed by atoms with Crippen molar-refractivity contribution in [2.45, 2.75) is 0 Å². The maximum Gasteiger partial charge on any atom is 0.269 e. The first-order valence-corrected chi connectivity index (χ1v) is 8.53. The van der Waals surface area contributed by atoms with Gasteiger partial charge in [0.05, 0.1) is 19.2 Å². The Morgan fingerprint density at radius 1 is 1.24 bits per heavy atom. The molecule has 0 spiro atoms. The van der Waals surface area contributed by atoms with Crippen molar-refractivity contribution in [2.24, 2.45) is 7.05 Å². The average Bonchev–Trinajstić information content (AvgIpc) is 3.12. The number of anilines is 1. The number of carbonyl (C=O) groups excluding carboxylic acids is 2. The number of nitrogens with zero attached hydrogens (tertiary/aromatic N) is 3. The van der Waals surface area contributed by atoms with Gasteiger partial charge in [-0.15, -0.1) is 0 Å². The summed E-state index contributed by atoms with van der Waals surface area (Å²) < 4.78 is 21.3. The van der Waals surface area contributed by atoms with E-state index in [1.165, 1.54) is 24.2 Å². The van der Waals surface area contributed by atoms with Gasteiger partial charge in [0.1, 0.15) is 5.69 Å². The number of hydrogen-bond donors (Lipinski definition) is 3. The van der Waals surface area contributed by atoms with Crippen molar-refractivity contribution in [1.29, 1.82) is 0 Å². The van der Waals surface area contributed by atoms with Crippen molar-refractivity contribution >= 4 is 17.5 Å². The fraction of sp³-hybridized carbons (Fsp3) is 0.158. The Kier molecular flexibility index (Phi) is 5.72. The van der Waals surface area contributed by atoms with E-state index in [0.717, 1.165) is 6.20 Å². The topological polar surface area (TPSA) is 109 Å². The second-order valence-electron chi connectivity index (χ2n) is 6.08. The number of aromatic nitrogens is 3. The molecule has 0 bridgehead atoms. The summed E-state index contributed by atoms with van der Waals surface area (Å²) in [5.41, 5.74) is 1.49. The van der Waals surface area contributed by atoms with E-state index in [0.29, 0.717) is 21.7 Å². The molecular weight excluding hydrogens is 381 g/mol. The van der Waals surface area contributed by atoms with Crippen LogP contribution in [0.25, 0.3) is 11.1 Å². The number of aryl methyl sites for hydroxylation is 1. The van der Waals surface area contributed by atoms with Crippen LogP contribution in [0.4, 0.5) is 10.1 Å². The summed E-state index contributed by atoms with van der Waals surface area (Å²) in [4.78, 5) is 24.0. The molecule has 2 heterocycles. The molecule has 9 nitrogen and oxygen atoms in total. The second kappa shape index (κ2) is 8.38. The van der Waals surface area contributed by atoms with Gasteiger partial charge >= 0.3 is 0 Å². The zero-order chi connectivity index (χ0) is 21.0. The largest absolute Gasteiger partial charge is 0.490 e. The van der Waals surface area contributed by atoms with Crippen molar-refractivity contribution in [1.82, 2.24) is 15.1 Å². The fourth-order valence-electron chi connectivity index (χ4n) is 2.73. The lowest BCUT2D eigenvalue weighted by atomic mass is 10.1. The number of halogens is 1. The van der Waals surface area contributed by atoms with Crippen molar-refractivity contribution < 1.29 is 28.7 Å². The smallest absolute Gasteiger partial charge is 0.269 e. The minimum Gasteiger partial charge on any atom is -0.490 e. The predicted octanol–water partition coefficient (Wildman–Crippen LogP) is 1.13. The van der Waals surface area contributed by atoms with Crippen LogP contribution in [0.1, 0.15) is 10.5 Å². The van der Waals surface area contributed by atoms with Crippen LogP contribution in [0.5, 0.6) is 5.75 Å². The van der Waals surface area contributed by atoms with Crippen LogP contribution < -0.4 is 20.1 Å². The molecule has 0 saturated carbocycles. The summed E-state index contributed by atoms with van der Waals surface area (Å²) >= 11 is 0. The molecule has 0 radical (unpaired) electrons. The monoisotopic (exact) mass is 400 g/mol. The second-order valence-corrected chi connectivity index (χ2v) is 6.08. The van der Waals surface area contributed by atoms with Gasteiger partial charge in [-0.25, -0.2) is 0 Å². The summed E-state index contributed by atoms with van der Waals surface area (Å²) in [7, 11) is 2.99. The summed E-state index contributed by atoms with van der Waals surface area (Å²) in [5.74, 6) is -1.34. The highest BCUT2D eigenvalue weighted by Crippen LogP contribution is 2.31. The highest BCUT2D eigenvalue weighted by atomic mass is 19.1. The average molecular weight is 400 g/mol. The summed E-state index contributed by atoms with van der Waals surface area (Å²) in [6.07, 6.45) is 3.64. The van der Waals surface area contributed by atoms with E-state index in [1.54, 1.807) is 37.4 Å². The molecule has 2 aromatic heterocycles. The van der Waals surface area contributed by atoms with Gasteiger partial charge in [-0.05, 0) is 23.8 Å². The number of nitrogens with one attached hydrogen (secondary N) is 2. The molecule has 1 aromatic carbocycles. The first-order valence-electron chi connectivity index (χ1n) is 8.53. The van der Waals surface area contributed by atoms with Crippen LogP contribution in [0, 0.1) is 5.82 Å². The lowest BCUT2D eigenvalue weighted by molar-refractivity contribution is -0.905. The molecule has 0 aliphatic carbocycles. The Hall–Kier alpha value is -3.95. The minimum absolute atomic E-state index is 0.155. The maximum absolute atomic E-state index is 14.2. The van der Waals surface area contributed by atoms with Crippen LogP contribution in [0.3, 0.4) is 0 Å². The highest BCUT2D eigenvalue weighted by molar-refractivity contribution is 5.98. The summed E-state index contributed by atoms with van der Waals surface area (Å²) in [6.45, 7) is -0.219. The number of pyridine rings is 1.